The third-order valence-electron chi connectivity index (χ3n) is 3.47. The predicted octanol–water partition coefficient (Wildman–Crippen LogP) is 3.22. The van der Waals surface area contributed by atoms with Crippen LogP contribution in [0.15, 0.2) is 29.2 Å². The smallest absolute Gasteiger partial charge is 0.335 e. The molecule has 122 valence electrons. The summed E-state index contributed by atoms with van der Waals surface area (Å²) in [7, 11) is 0. The van der Waals surface area contributed by atoms with Gasteiger partial charge >= 0.3 is 5.97 Å². The Morgan fingerprint density at radius 3 is 2.62 bits per heavy atom. The van der Waals surface area contributed by atoms with E-state index in [1.807, 2.05) is 6.92 Å². The molecule has 0 spiro atoms. The average Bonchev–Trinajstić information content (AvgIpc) is 3.13. The molecular weight excluding hydrogens is 346 g/mol. The number of rotatable bonds is 4. The van der Waals surface area contributed by atoms with E-state index in [0.717, 1.165) is 28.8 Å². The first-order chi connectivity index (χ1) is 11.5. The van der Waals surface area contributed by atoms with Gasteiger partial charge in [-0.25, -0.2) is 4.79 Å². The van der Waals surface area contributed by atoms with Crippen molar-refractivity contribution >= 4 is 46.0 Å². The Kier molecular flexibility index (Phi) is 4.59. The van der Waals surface area contributed by atoms with E-state index >= 15 is 0 Å². The molecule has 0 bridgehead atoms. The minimum atomic E-state index is -0.995. The van der Waals surface area contributed by atoms with Crippen LogP contribution in [0.5, 0.6) is 0 Å². The van der Waals surface area contributed by atoms with Crippen LogP contribution in [0.3, 0.4) is 0 Å². The fourth-order valence-corrected chi connectivity index (χ4v) is 4.17. The second-order valence-electron chi connectivity index (χ2n) is 5.09. The highest BCUT2D eigenvalue weighted by Crippen LogP contribution is 2.41. The van der Waals surface area contributed by atoms with Crippen molar-refractivity contribution < 1.29 is 14.7 Å². The van der Waals surface area contributed by atoms with Crippen molar-refractivity contribution in [3.05, 3.63) is 50.3 Å². The number of carbonyl (C=O) groups excluding carboxylic acids is 1. The molecule has 2 aromatic rings. The Morgan fingerprint density at radius 2 is 2.04 bits per heavy atom. The summed E-state index contributed by atoms with van der Waals surface area (Å²) in [5.41, 5.74) is 0.907. The first-order valence-electron chi connectivity index (χ1n) is 7.17. The van der Waals surface area contributed by atoms with Crippen LogP contribution in [0.2, 0.25) is 0 Å². The number of aromatic nitrogens is 2. The molecule has 1 aromatic heterocycles. The number of Topliss-reactive ketones (excluding diaryl/α,β-unsaturated/α-hetero) is 1. The number of carbonyl (C=O) groups is 2. The molecule has 1 aliphatic heterocycles. The zero-order chi connectivity index (χ0) is 17.3. The molecule has 24 heavy (non-hydrogen) atoms. The van der Waals surface area contributed by atoms with E-state index in [1.54, 1.807) is 18.2 Å². The van der Waals surface area contributed by atoms with Gasteiger partial charge in [-0.15, -0.1) is 21.5 Å². The summed E-state index contributed by atoms with van der Waals surface area (Å²) < 4.78 is 0. The van der Waals surface area contributed by atoms with Crippen molar-refractivity contribution in [2.45, 2.75) is 19.3 Å². The summed E-state index contributed by atoms with van der Waals surface area (Å²) in [5, 5.41) is 26.7. The second kappa shape index (κ2) is 6.66. The molecule has 8 heteroatoms. The average molecular weight is 359 g/mol. The lowest BCUT2D eigenvalue weighted by atomic mass is 10.0. The molecule has 2 heterocycles. The van der Waals surface area contributed by atoms with Gasteiger partial charge in [-0.1, -0.05) is 30.8 Å². The minimum absolute atomic E-state index is 0.161. The van der Waals surface area contributed by atoms with Crippen LogP contribution < -0.4 is 0 Å². The van der Waals surface area contributed by atoms with Gasteiger partial charge in [0.05, 0.1) is 15.5 Å². The van der Waals surface area contributed by atoms with Gasteiger partial charge in [0.2, 0.25) is 0 Å². The number of allylic oxidation sites excluding steroid dienone is 1. The maximum absolute atomic E-state index is 12.6. The molecule has 1 saturated heterocycles. The third-order valence-corrected chi connectivity index (χ3v) is 5.60. The number of nitrogens with zero attached hydrogens (tertiary/aromatic N) is 2. The summed E-state index contributed by atoms with van der Waals surface area (Å²) in [6.45, 7) is 1.97. The van der Waals surface area contributed by atoms with Crippen LogP contribution >= 0.6 is 23.1 Å². The number of benzene rings is 1. The molecule has 1 atom stereocenters. The summed E-state index contributed by atoms with van der Waals surface area (Å²) in [5.74, 6) is -1.83. The fourth-order valence-electron chi connectivity index (χ4n) is 2.21. The van der Waals surface area contributed by atoms with Crippen molar-refractivity contribution in [1.82, 2.24) is 10.2 Å². The summed E-state index contributed by atoms with van der Waals surface area (Å²) in [4.78, 5) is 23.9. The van der Waals surface area contributed by atoms with Gasteiger partial charge in [-0.2, -0.15) is 0 Å². The molecule has 0 radical (unpaired) electrons. The van der Waals surface area contributed by atoms with Crippen molar-refractivity contribution in [2.24, 2.45) is 0 Å². The number of thioether (sulfide) groups is 1. The molecule has 1 fully saturated rings. The van der Waals surface area contributed by atoms with E-state index in [0.29, 0.717) is 9.91 Å². The fraction of sp³-hybridized carbons (Fsp3) is 0.188. The standard InChI is InChI=1S/C16H13N3O3S2/c1-2-11-18-19-15(24-11)12-13(20)10(23-14(12)17)7-8-3-5-9(6-4-8)16(21)22/h3-7,12,17H,2H2,1H3,(H,21,22)/b10-7-,17-14?/t12-/m0/s1. The molecule has 0 saturated carbocycles. The monoisotopic (exact) mass is 359 g/mol. The highest BCUT2D eigenvalue weighted by atomic mass is 32.2. The van der Waals surface area contributed by atoms with Gasteiger partial charge in [0, 0.05) is 0 Å². The predicted molar refractivity (Wildman–Crippen MR) is 93.7 cm³/mol. The third kappa shape index (κ3) is 3.15. The Labute approximate surface area is 146 Å². The maximum Gasteiger partial charge on any atom is 0.335 e. The summed E-state index contributed by atoms with van der Waals surface area (Å²) in [6.07, 6.45) is 2.42. The zero-order valence-electron chi connectivity index (χ0n) is 12.6. The molecule has 6 nitrogen and oxygen atoms in total. The van der Waals surface area contributed by atoms with E-state index in [1.165, 1.54) is 23.5 Å². The number of hydrogen-bond acceptors (Lipinski definition) is 7. The van der Waals surface area contributed by atoms with Crippen LogP contribution in [0.25, 0.3) is 6.08 Å². The number of hydrogen-bond donors (Lipinski definition) is 2. The van der Waals surface area contributed by atoms with Gasteiger partial charge < -0.3 is 5.11 Å². The lowest BCUT2D eigenvalue weighted by molar-refractivity contribution is -0.114. The Hall–Kier alpha value is -2.32. The van der Waals surface area contributed by atoms with Crippen molar-refractivity contribution in [1.29, 1.82) is 5.41 Å². The highest BCUT2D eigenvalue weighted by Gasteiger charge is 2.39. The van der Waals surface area contributed by atoms with Gasteiger partial charge in [-0.3, -0.25) is 10.2 Å². The quantitative estimate of drug-likeness (QED) is 0.812. The first kappa shape index (κ1) is 16.5. The number of carboxylic acids is 1. The largest absolute Gasteiger partial charge is 0.478 e. The molecule has 1 aliphatic rings. The number of carboxylic acid groups (broad SMARTS) is 1. The van der Waals surface area contributed by atoms with Crippen LogP contribution in [0, 0.1) is 5.41 Å². The topological polar surface area (TPSA) is 104 Å². The molecule has 0 unspecified atom stereocenters. The Morgan fingerprint density at radius 1 is 1.33 bits per heavy atom. The van der Waals surface area contributed by atoms with Crippen molar-refractivity contribution in [3.8, 4) is 0 Å². The highest BCUT2D eigenvalue weighted by molar-refractivity contribution is 8.19. The van der Waals surface area contributed by atoms with Crippen LogP contribution in [-0.4, -0.2) is 32.1 Å². The molecule has 2 N–H and O–H groups in total. The normalized spacial score (nSPS) is 19.2. The number of aromatic carboxylic acids is 1. The number of aryl methyl sites for hydroxylation is 1. The van der Waals surface area contributed by atoms with Crippen LogP contribution in [0.4, 0.5) is 0 Å². The molecule has 0 amide bonds. The van der Waals surface area contributed by atoms with Crippen LogP contribution in [0.1, 0.15) is 38.8 Å². The lowest BCUT2D eigenvalue weighted by Gasteiger charge is -2.00. The van der Waals surface area contributed by atoms with Crippen LogP contribution in [-0.2, 0) is 11.2 Å². The SMILES string of the molecule is CCc1nnc([C@@H]2C(=N)S/C(=C\c3ccc(C(=O)O)cc3)C2=O)s1. The zero-order valence-corrected chi connectivity index (χ0v) is 14.3. The van der Waals surface area contributed by atoms with Gasteiger partial charge in [0.15, 0.2) is 5.78 Å². The van der Waals surface area contributed by atoms with E-state index in [4.69, 9.17) is 10.5 Å². The van der Waals surface area contributed by atoms with E-state index in [-0.39, 0.29) is 16.4 Å². The Balaban J connectivity index is 1.86. The van der Waals surface area contributed by atoms with Crippen molar-refractivity contribution in [3.63, 3.8) is 0 Å². The molecule has 1 aromatic carbocycles. The second-order valence-corrected chi connectivity index (χ2v) is 7.26. The first-order valence-corrected chi connectivity index (χ1v) is 8.80. The van der Waals surface area contributed by atoms with E-state index in [2.05, 4.69) is 10.2 Å². The van der Waals surface area contributed by atoms with Gasteiger partial charge in [0.25, 0.3) is 0 Å². The summed E-state index contributed by atoms with van der Waals surface area (Å²) >= 11 is 2.48. The Bertz CT molecular complexity index is 856. The summed E-state index contributed by atoms with van der Waals surface area (Å²) in [6, 6.07) is 6.25. The maximum atomic E-state index is 12.6. The molecular formula is C16H13N3O3S2. The van der Waals surface area contributed by atoms with E-state index < -0.39 is 11.9 Å². The number of ketones is 1. The van der Waals surface area contributed by atoms with Crippen molar-refractivity contribution in [2.75, 3.05) is 0 Å². The molecule has 0 aliphatic carbocycles. The van der Waals surface area contributed by atoms with E-state index in [9.17, 15) is 9.59 Å². The lowest BCUT2D eigenvalue weighted by Crippen LogP contribution is -2.11. The van der Waals surface area contributed by atoms with Gasteiger partial charge in [-0.05, 0) is 30.2 Å². The minimum Gasteiger partial charge on any atom is -0.478 e. The van der Waals surface area contributed by atoms with Gasteiger partial charge in [0.1, 0.15) is 15.9 Å². The number of nitrogens with one attached hydrogen (secondary N) is 1. The molecule has 3 rings (SSSR count).